The molecule has 1 aromatic rings. The van der Waals surface area contributed by atoms with Crippen molar-refractivity contribution >= 4 is 23.6 Å². The summed E-state index contributed by atoms with van der Waals surface area (Å²) in [5, 5.41) is 15.5. The van der Waals surface area contributed by atoms with Crippen LogP contribution in [-0.2, 0) is 9.59 Å². The molecule has 100 valence electrons. The zero-order valence-electron chi connectivity index (χ0n) is 10.4. The third-order valence-electron chi connectivity index (χ3n) is 2.53. The summed E-state index contributed by atoms with van der Waals surface area (Å²) in [6.45, 7) is 1.68. The lowest BCUT2D eigenvalue weighted by Gasteiger charge is -2.17. The van der Waals surface area contributed by atoms with E-state index in [1.165, 1.54) is 4.68 Å². The van der Waals surface area contributed by atoms with Crippen LogP contribution in [0.15, 0.2) is 18.5 Å². The number of carboxylic acids is 1. The molecule has 2 unspecified atom stereocenters. The van der Waals surface area contributed by atoms with Gasteiger partial charge in [0, 0.05) is 12.4 Å². The topological polar surface area (TPSA) is 84.2 Å². The van der Waals surface area contributed by atoms with Crippen molar-refractivity contribution in [3.05, 3.63) is 18.5 Å². The Kier molecular flexibility index (Phi) is 5.70. The molecule has 2 atom stereocenters. The summed E-state index contributed by atoms with van der Waals surface area (Å²) in [7, 11) is 0. The second kappa shape index (κ2) is 7.05. The number of thioether (sulfide) groups is 1. The third kappa shape index (κ3) is 4.06. The molecule has 2 N–H and O–H groups in total. The van der Waals surface area contributed by atoms with Crippen molar-refractivity contribution in [2.75, 3.05) is 12.0 Å². The fourth-order valence-electron chi connectivity index (χ4n) is 1.42. The largest absolute Gasteiger partial charge is 0.480 e. The van der Waals surface area contributed by atoms with Gasteiger partial charge in [-0.2, -0.15) is 16.9 Å². The number of hydrogen-bond acceptors (Lipinski definition) is 4. The highest BCUT2D eigenvalue weighted by Gasteiger charge is 2.23. The van der Waals surface area contributed by atoms with Gasteiger partial charge in [-0.15, -0.1) is 0 Å². The number of carbonyl (C=O) groups excluding carboxylic acids is 1. The summed E-state index contributed by atoms with van der Waals surface area (Å²) in [4.78, 5) is 22.9. The molecule has 0 aliphatic rings. The maximum Gasteiger partial charge on any atom is 0.326 e. The van der Waals surface area contributed by atoms with Gasteiger partial charge >= 0.3 is 5.97 Å². The second-order valence-corrected chi connectivity index (χ2v) is 4.83. The number of carboxylic acid groups (broad SMARTS) is 1. The summed E-state index contributed by atoms with van der Waals surface area (Å²) in [6.07, 6.45) is 5.55. The van der Waals surface area contributed by atoms with E-state index in [9.17, 15) is 9.59 Å². The summed E-state index contributed by atoms with van der Waals surface area (Å²) in [6, 6.07) is 0.353. The average Bonchev–Trinajstić information content (AvgIpc) is 2.86. The zero-order valence-corrected chi connectivity index (χ0v) is 11.2. The lowest BCUT2D eigenvalue weighted by Crippen LogP contribution is -2.44. The van der Waals surface area contributed by atoms with Crippen LogP contribution < -0.4 is 5.32 Å². The first-order valence-corrected chi connectivity index (χ1v) is 6.97. The van der Waals surface area contributed by atoms with Crippen molar-refractivity contribution in [2.24, 2.45) is 0 Å². The number of hydrogen-bond donors (Lipinski definition) is 2. The van der Waals surface area contributed by atoms with Crippen LogP contribution >= 0.6 is 11.8 Å². The molecule has 0 radical (unpaired) electrons. The van der Waals surface area contributed by atoms with E-state index in [4.69, 9.17) is 5.11 Å². The Morgan fingerprint density at radius 2 is 2.28 bits per heavy atom. The second-order valence-electron chi connectivity index (χ2n) is 3.84. The summed E-state index contributed by atoms with van der Waals surface area (Å²) in [5.41, 5.74) is 0. The quantitative estimate of drug-likeness (QED) is 0.765. The molecule has 0 saturated carbocycles. The lowest BCUT2D eigenvalue weighted by atomic mass is 10.2. The van der Waals surface area contributed by atoms with Crippen LogP contribution in [0.1, 0.15) is 19.4 Å². The van der Waals surface area contributed by atoms with Crippen LogP contribution in [0.3, 0.4) is 0 Å². The van der Waals surface area contributed by atoms with Gasteiger partial charge in [-0.1, -0.05) is 0 Å². The van der Waals surface area contributed by atoms with Gasteiger partial charge in [-0.3, -0.25) is 9.48 Å². The van der Waals surface area contributed by atoms with E-state index in [2.05, 4.69) is 10.4 Å². The Bertz CT molecular complexity index is 394. The maximum atomic E-state index is 11.9. The van der Waals surface area contributed by atoms with E-state index >= 15 is 0 Å². The average molecular weight is 271 g/mol. The molecule has 1 heterocycles. The molecule has 0 bridgehead atoms. The first-order valence-electron chi connectivity index (χ1n) is 5.57. The number of nitrogens with zero attached hydrogens (tertiary/aromatic N) is 2. The molecule has 0 saturated heterocycles. The van der Waals surface area contributed by atoms with Crippen LogP contribution in [0.2, 0.25) is 0 Å². The minimum absolute atomic E-state index is 0.341. The van der Waals surface area contributed by atoms with Crippen LogP contribution in [0.4, 0.5) is 0 Å². The molecule has 7 heteroatoms. The van der Waals surface area contributed by atoms with E-state index in [1.807, 2.05) is 6.26 Å². The predicted octanol–water partition coefficient (Wildman–Crippen LogP) is 0.767. The predicted molar refractivity (Wildman–Crippen MR) is 69.5 cm³/mol. The van der Waals surface area contributed by atoms with Gasteiger partial charge < -0.3 is 10.4 Å². The third-order valence-corrected chi connectivity index (χ3v) is 3.17. The number of amides is 1. The molecule has 1 amide bonds. The number of carbonyl (C=O) groups is 2. The highest BCUT2D eigenvalue weighted by atomic mass is 32.2. The first-order chi connectivity index (χ1) is 8.56. The Labute approximate surface area is 110 Å². The monoisotopic (exact) mass is 271 g/mol. The van der Waals surface area contributed by atoms with Crippen LogP contribution in [0.5, 0.6) is 0 Å². The Morgan fingerprint density at radius 3 is 2.78 bits per heavy atom. The highest BCUT2D eigenvalue weighted by molar-refractivity contribution is 7.98. The smallest absolute Gasteiger partial charge is 0.326 e. The summed E-state index contributed by atoms with van der Waals surface area (Å²) in [5.74, 6) is -0.662. The van der Waals surface area contributed by atoms with Gasteiger partial charge in [-0.05, 0) is 31.4 Å². The summed E-state index contributed by atoms with van der Waals surface area (Å²) < 4.78 is 1.49. The molecule has 18 heavy (non-hydrogen) atoms. The number of rotatable bonds is 7. The van der Waals surface area contributed by atoms with Crippen molar-refractivity contribution in [2.45, 2.75) is 25.4 Å². The van der Waals surface area contributed by atoms with E-state index in [0.717, 1.165) is 0 Å². The van der Waals surface area contributed by atoms with E-state index in [0.29, 0.717) is 12.2 Å². The number of aliphatic carboxylic acids is 1. The molecule has 0 aliphatic heterocycles. The Balaban J connectivity index is 2.58. The van der Waals surface area contributed by atoms with Crippen molar-refractivity contribution in [3.63, 3.8) is 0 Å². The molecule has 0 aromatic carbocycles. The minimum Gasteiger partial charge on any atom is -0.480 e. The van der Waals surface area contributed by atoms with Crippen molar-refractivity contribution in [3.8, 4) is 0 Å². The van der Waals surface area contributed by atoms with Gasteiger partial charge in [0.2, 0.25) is 5.91 Å². The van der Waals surface area contributed by atoms with Gasteiger partial charge in [-0.25, -0.2) is 4.79 Å². The highest BCUT2D eigenvalue weighted by Crippen LogP contribution is 2.06. The molecule has 0 fully saturated rings. The van der Waals surface area contributed by atoms with Gasteiger partial charge in [0.15, 0.2) is 0 Å². The maximum absolute atomic E-state index is 11.9. The SMILES string of the molecule is CSCCC(NC(=O)C(C)n1cccn1)C(=O)O. The molecule has 1 aromatic heterocycles. The molecule has 0 aliphatic carbocycles. The Hall–Kier alpha value is -1.50. The standard InChI is InChI=1S/C11H17N3O3S/c1-8(14-6-3-5-12-14)10(15)13-9(11(16)17)4-7-18-2/h3,5-6,8-9H,4,7H2,1-2H3,(H,13,15)(H,16,17). The Morgan fingerprint density at radius 1 is 1.56 bits per heavy atom. The van der Waals surface area contributed by atoms with Crippen molar-refractivity contribution < 1.29 is 14.7 Å². The minimum atomic E-state index is -1.01. The van der Waals surface area contributed by atoms with Crippen molar-refractivity contribution in [1.29, 1.82) is 0 Å². The van der Waals surface area contributed by atoms with Gasteiger partial charge in [0.1, 0.15) is 12.1 Å². The normalized spacial score (nSPS) is 13.9. The summed E-state index contributed by atoms with van der Waals surface area (Å²) >= 11 is 1.55. The molecular weight excluding hydrogens is 254 g/mol. The fourth-order valence-corrected chi connectivity index (χ4v) is 1.89. The van der Waals surface area contributed by atoms with Crippen LogP contribution in [0, 0.1) is 0 Å². The lowest BCUT2D eigenvalue weighted by molar-refractivity contribution is -0.142. The molecular formula is C11H17N3O3S. The van der Waals surface area contributed by atoms with E-state index in [1.54, 1.807) is 37.1 Å². The molecule has 6 nitrogen and oxygen atoms in total. The number of aromatic nitrogens is 2. The fraction of sp³-hybridized carbons (Fsp3) is 0.545. The van der Waals surface area contributed by atoms with Crippen molar-refractivity contribution in [1.82, 2.24) is 15.1 Å². The molecule has 0 spiro atoms. The van der Waals surface area contributed by atoms with E-state index in [-0.39, 0.29) is 5.91 Å². The van der Waals surface area contributed by atoms with Gasteiger partial charge in [0.05, 0.1) is 0 Å². The molecule has 1 rings (SSSR count). The zero-order chi connectivity index (χ0) is 13.5. The van der Waals surface area contributed by atoms with E-state index < -0.39 is 18.1 Å². The van der Waals surface area contributed by atoms with Crippen LogP contribution in [0.25, 0.3) is 0 Å². The van der Waals surface area contributed by atoms with Gasteiger partial charge in [0.25, 0.3) is 0 Å². The number of nitrogens with one attached hydrogen (secondary N) is 1. The van der Waals surface area contributed by atoms with Crippen LogP contribution in [-0.4, -0.2) is 44.8 Å². The first kappa shape index (κ1) is 14.6.